The van der Waals surface area contributed by atoms with E-state index in [-0.39, 0.29) is 23.4 Å². The third-order valence-corrected chi connectivity index (χ3v) is 3.77. The smallest absolute Gasteiger partial charge is 0.250 e. The minimum atomic E-state index is -0.681. The van der Waals surface area contributed by atoms with Crippen molar-refractivity contribution in [2.24, 2.45) is 5.92 Å². The van der Waals surface area contributed by atoms with Gasteiger partial charge in [-0.3, -0.25) is 14.5 Å². The predicted octanol–water partition coefficient (Wildman–Crippen LogP) is 1.46. The minimum absolute atomic E-state index is 0.181. The zero-order valence-electron chi connectivity index (χ0n) is 10.6. The van der Waals surface area contributed by atoms with Crippen molar-refractivity contribution in [2.75, 3.05) is 4.90 Å². The summed E-state index contributed by atoms with van der Waals surface area (Å²) in [6, 6.07) is 4.89. The Balaban J connectivity index is 1.99. The lowest BCUT2D eigenvalue weighted by Crippen LogP contribution is -2.63. The Kier molecular flexibility index (Phi) is 2.77. The lowest BCUT2D eigenvalue weighted by atomic mass is 10.0. The molecule has 1 saturated carbocycles. The van der Waals surface area contributed by atoms with Crippen LogP contribution < -0.4 is 10.2 Å². The molecule has 5 heteroatoms. The predicted molar refractivity (Wildman–Crippen MR) is 68.0 cm³/mol. The van der Waals surface area contributed by atoms with Gasteiger partial charge in [-0.05, 0) is 37.8 Å². The molecule has 0 aromatic heterocycles. The normalized spacial score (nSPS) is 27.4. The van der Waals surface area contributed by atoms with Crippen molar-refractivity contribution < 1.29 is 14.0 Å². The molecule has 2 fully saturated rings. The largest absolute Gasteiger partial charge is 0.342 e. The molecule has 2 amide bonds. The van der Waals surface area contributed by atoms with Gasteiger partial charge in [0.15, 0.2) is 0 Å². The number of halogens is 1. The monoisotopic (exact) mass is 262 g/mol. The number of nitrogens with zero attached hydrogens (tertiary/aromatic N) is 1. The summed E-state index contributed by atoms with van der Waals surface area (Å²) >= 11 is 0. The van der Waals surface area contributed by atoms with Gasteiger partial charge in [0, 0.05) is 0 Å². The first-order chi connectivity index (χ1) is 9.09. The number of hydrogen-bond donors (Lipinski definition) is 1. The fraction of sp³-hybridized carbons (Fsp3) is 0.429. The maximum atomic E-state index is 13.9. The molecule has 0 bridgehead atoms. The van der Waals surface area contributed by atoms with E-state index in [2.05, 4.69) is 5.32 Å². The van der Waals surface area contributed by atoms with Gasteiger partial charge in [-0.2, -0.15) is 0 Å². The van der Waals surface area contributed by atoms with Crippen LogP contribution in [0.4, 0.5) is 10.1 Å². The van der Waals surface area contributed by atoms with E-state index in [4.69, 9.17) is 0 Å². The summed E-state index contributed by atoms with van der Waals surface area (Å²) in [6.07, 6.45) is 1.88. The highest BCUT2D eigenvalue weighted by molar-refractivity contribution is 6.08. The number of para-hydroxylation sites is 1. The summed E-state index contributed by atoms with van der Waals surface area (Å²) in [5.74, 6) is -0.704. The molecule has 2 atom stereocenters. The highest BCUT2D eigenvalue weighted by Crippen LogP contribution is 2.36. The second-order valence-corrected chi connectivity index (χ2v) is 5.16. The number of nitrogens with one attached hydrogen (secondary N) is 1. The Hall–Kier alpha value is -1.91. The van der Waals surface area contributed by atoms with Crippen LogP contribution in [0.3, 0.4) is 0 Å². The van der Waals surface area contributed by atoms with E-state index in [1.807, 2.05) is 0 Å². The Bertz CT molecular complexity index is 542. The standard InChI is InChI=1S/C14H15FN2O2/c1-8-13(18)16-12(9-6-7-9)14(19)17(8)11-5-3-2-4-10(11)15/h2-5,8-9,12H,6-7H2,1H3,(H,16,18). The van der Waals surface area contributed by atoms with Crippen molar-refractivity contribution in [3.8, 4) is 0 Å². The van der Waals surface area contributed by atoms with Crippen LogP contribution in [0.1, 0.15) is 19.8 Å². The molecular weight excluding hydrogens is 247 g/mol. The van der Waals surface area contributed by atoms with E-state index in [0.29, 0.717) is 0 Å². The second kappa shape index (κ2) is 4.33. The van der Waals surface area contributed by atoms with Crippen molar-refractivity contribution in [3.63, 3.8) is 0 Å². The molecule has 1 aliphatic heterocycles. The summed E-state index contributed by atoms with van der Waals surface area (Å²) in [4.78, 5) is 25.7. The summed E-state index contributed by atoms with van der Waals surface area (Å²) in [5.41, 5.74) is 0.181. The molecule has 100 valence electrons. The number of carbonyl (C=O) groups excluding carboxylic acids is 2. The van der Waals surface area contributed by atoms with Crippen LogP contribution in [-0.4, -0.2) is 23.9 Å². The van der Waals surface area contributed by atoms with E-state index >= 15 is 0 Å². The Morgan fingerprint density at radius 3 is 2.58 bits per heavy atom. The van der Waals surface area contributed by atoms with Crippen LogP contribution in [-0.2, 0) is 9.59 Å². The average Bonchev–Trinajstić information content (AvgIpc) is 3.20. The van der Waals surface area contributed by atoms with Crippen LogP contribution in [0, 0.1) is 11.7 Å². The van der Waals surface area contributed by atoms with Gasteiger partial charge >= 0.3 is 0 Å². The van der Waals surface area contributed by atoms with Gasteiger partial charge in [0.1, 0.15) is 17.9 Å². The van der Waals surface area contributed by atoms with Crippen LogP contribution in [0.15, 0.2) is 24.3 Å². The van der Waals surface area contributed by atoms with Gasteiger partial charge in [0.05, 0.1) is 5.69 Å². The molecule has 1 aromatic carbocycles. The molecule has 1 aromatic rings. The number of benzene rings is 1. The van der Waals surface area contributed by atoms with E-state index < -0.39 is 17.9 Å². The highest BCUT2D eigenvalue weighted by atomic mass is 19.1. The van der Waals surface area contributed by atoms with Gasteiger partial charge in [-0.25, -0.2) is 4.39 Å². The molecular formula is C14H15FN2O2. The summed E-state index contributed by atoms with van der Waals surface area (Å²) in [6.45, 7) is 1.61. The number of rotatable bonds is 2. The van der Waals surface area contributed by atoms with Gasteiger partial charge in [-0.15, -0.1) is 0 Å². The third kappa shape index (κ3) is 1.99. The topological polar surface area (TPSA) is 49.4 Å². The molecule has 3 rings (SSSR count). The Morgan fingerprint density at radius 2 is 1.95 bits per heavy atom. The van der Waals surface area contributed by atoms with Crippen molar-refractivity contribution in [1.29, 1.82) is 0 Å². The van der Waals surface area contributed by atoms with Crippen molar-refractivity contribution in [2.45, 2.75) is 31.8 Å². The maximum absolute atomic E-state index is 13.9. The molecule has 1 aliphatic carbocycles. The SMILES string of the molecule is CC1C(=O)NC(C2CC2)C(=O)N1c1ccccc1F. The first-order valence-corrected chi connectivity index (χ1v) is 6.47. The first-order valence-electron chi connectivity index (χ1n) is 6.47. The van der Waals surface area contributed by atoms with Gasteiger partial charge in [0.2, 0.25) is 5.91 Å². The average molecular weight is 262 g/mol. The summed E-state index contributed by atoms with van der Waals surface area (Å²) in [7, 11) is 0. The van der Waals surface area contributed by atoms with Gasteiger partial charge in [0.25, 0.3) is 5.91 Å². The van der Waals surface area contributed by atoms with Crippen molar-refractivity contribution >= 4 is 17.5 Å². The lowest BCUT2D eigenvalue weighted by Gasteiger charge is -2.37. The molecule has 19 heavy (non-hydrogen) atoms. The van der Waals surface area contributed by atoms with Crippen molar-refractivity contribution in [1.82, 2.24) is 5.32 Å². The minimum Gasteiger partial charge on any atom is -0.342 e. The molecule has 1 N–H and O–H groups in total. The Labute approximate surface area is 110 Å². The molecule has 4 nitrogen and oxygen atoms in total. The fourth-order valence-electron chi connectivity index (χ4n) is 2.52. The lowest BCUT2D eigenvalue weighted by molar-refractivity contribution is -0.134. The molecule has 2 aliphatic rings. The van der Waals surface area contributed by atoms with Crippen LogP contribution in [0.2, 0.25) is 0 Å². The molecule has 1 heterocycles. The number of piperazine rings is 1. The van der Waals surface area contributed by atoms with Crippen molar-refractivity contribution in [3.05, 3.63) is 30.1 Å². The maximum Gasteiger partial charge on any atom is 0.250 e. The highest BCUT2D eigenvalue weighted by Gasteiger charge is 2.46. The number of carbonyl (C=O) groups is 2. The van der Waals surface area contributed by atoms with Gasteiger partial charge < -0.3 is 5.32 Å². The third-order valence-electron chi connectivity index (χ3n) is 3.77. The van der Waals surface area contributed by atoms with Gasteiger partial charge in [-0.1, -0.05) is 12.1 Å². The molecule has 0 radical (unpaired) electrons. The quantitative estimate of drug-likeness (QED) is 0.877. The van der Waals surface area contributed by atoms with E-state index in [1.54, 1.807) is 19.1 Å². The summed E-state index contributed by atoms with van der Waals surface area (Å²) in [5, 5.41) is 2.74. The zero-order valence-corrected chi connectivity index (χ0v) is 10.6. The zero-order chi connectivity index (χ0) is 13.6. The number of amides is 2. The van der Waals surface area contributed by atoms with E-state index in [1.165, 1.54) is 17.0 Å². The van der Waals surface area contributed by atoms with Crippen LogP contribution in [0.25, 0.3) is 0 Å². The van der Waals surface area contributed by atoms with E-state index in [0.717, 1.165) is 12.8 Å². The number of hydrogen-bond acceptors (Lipinski definition) is 2. The molecule has 1 saturated heterocycles. The van der Waals surface area contributed by atoms with Crippen LogP contribution in [0.5, 0.6) is 0 Å². The van der Waals surface area contributed by atoms with E-state index in [9.17, 15) is 14.0 Å². The van der Waals surface area contributed by atoms with Crippen LogP contribution >= 0.6 is 0 Å². The Morgan fingerprint density at radius 1 is 1.26 bits per heavy atom. The molecule has 2 unspecified atom stereocenters. The fourth-order valence-corrected chi connectivity index (χ4v) is 2.52. The summed E-state index contributed by atoms with van der Waals surface area (Å²) < 4.78 is 13.9. The second-order valence-electron chi connectivity index (χ2n) is 5.16. The molecule has 0 spiro atoms. The number of anilines is 1. The first kappa shape index (κ1) is 12.1.